The lowest BCUT2D eigenvalue weighted by Crippen LogP contribution is -2.64. The Labute approximate surface area is 606 Å². The van der Waals surface area contributed by atoms with Gasteiger partial charge in [-0.05, 0) is 57.3 Å². The van der Waals surface area contributed by atoms with E-state index in [1.165, 1.54) is 0 Å². The fraction of sp³-hybridized carbons (Fsp3) is 0.381. The highest BCUT2D eigenvalue weighted by Gasteiger charge is 2.48. The van der Waals surface area contributed by atoms with Crippen LogP contribution in [0.4, 0.5) is 0 Å². The summed E-state index contributed by atoms with van der Waals surface area (Å²) in [5.74, 6) is 0. The van der Waals surface area contributed by atoms with Crippen molar-refractivity contribution >= 4 is 0 Å². The second-order valence-electron chi connectivity index (χ2n) is 26.2. The Morgan fingerprint density at radius 3 is 0.854 bits per heavy atom. The summed E-state index contributed by atoms with van der Waals surface area (Å²) in [6, 6.07) is 82.1. The minimum Gasteiger partial charge on any atom is -0.377 e. The van der Waals surface area contributed by atoms with E-state index in [4.69, 9.17) is 52.1 Å². The summed E-state index contributed by atoms with van der Waals surface area (Å²) in [4.78, 5) is 4.93. The van der Waals surface area contributed by atoms with Crippen molar-refractivity contribution in [2.75, 3.05) is 65.8 Å². The van der Waals surface area contributed by atoms with Crippen LogP contribution in [0.3, 0.4) is 0 Å². The van der Waals surface area contributed by atoms with Crippen molar-refractivity contribution in [1.82, 2.24) is 39.8 Å². The maximum atomic E-state index is 7.04. The zero-order chi connectivity index (χ0) is 70.0. The first-order chi connectivity index (χ1) is 51.1. The molecule has 2 aliphatic rings. The zero-order valence-corrected chi connectivity index (χ0v) is 58.9. The number of aryl methyl sites for hydroxylation is 2. The van der Waals surface area contributed by atoms with Crippen molar-refractivity contribution in [1.29, 1.82) is 0 Å². The van der Waals surface area contributed by atoms with E-state index in [0.717, 1.165) is 81.8 Å². The summed E-state index contributed by atoms with van der Waals surface area (Å²) in [5.41, 5.74) is 10.3. The van der Waals surface area contributed by atoms with Crippen LogP contribution in [0.15, 0.2) is 255 Å². The fourth-order valence-electron chi connectivity index (χ4n) is 13.2. The molecule has 12 rings (SSSR count). The number of piperidine rings is 2. The second-order valence-corrected chi connectivity index (χ2v) is 26.2. The molecule has 8 aromatic carbocycles. The summed E-state index contributed by atoms with van der Waals surface area (Å²) in [6.45, 7) is 10.6. The van der Waals surface area contributed by atoms with E-state index < -0.39 is 12.2 Å². The molecule has 2 aromatic heterocycles. The van der Waals surface area contributed by atoms with E-state index in [1.807, 2.05) is 167 Å². The summed E-state index contributed by atoms with van der Waals surface area (Å²) < 4.78 is 76.7. The smallest absolute Gasteiger partial charge is 0.113 e. The molecule has 0 bridgehead atoms. The number of nitrogens with zero attached hydrogens (tertiary/aromatic N) is 8. The Kier molecular flexibility index (Phi) is 30.1. The summed E-state index contributed by atoms with van der Waals surface area (Å²) >= 11 is 0. The topological polar surface area (TPSA) is 169 Å². The van der Waals surface area contributed by atoms with Crippen LogP contribution < -0.4 is 0 Å². The molecule has 4 heterocycles. The van der Waals surface area contributed by atoms with Gasteiger partial charge < -0.3 is 52.1 Å². The lowest BCUT2D eigenvalue weighted by atomic mass is 9.92. The maximum Gasteiger partial charge on any atom is 0.113 e. The highest BCUT2D eigenvalue weighted by atomic mass is 16.6. The van der Waals surface area contributed by atoms with Crippen LogP contribution in [0.5, 0.6) is 0 Å². The van der Waals surface area contributed by atoms with Gasteiger partial charge >= 0.3 is 0 Å². The van der Waals surface area contributed by atoms with E-state index >= 15 is 0 Å². The molecule has 2 aliphatic heterocycles. The van der Waals surface area contributed by atoms with E-state index in [2.05, 4.69) is 127 Å². The standard InChI is InChI=1S/C84H98N8O11/c1-9-27-67(28-10-1)55-96-65-77-81(100-59-71-35-17-5-18-36-71)83(102-61-73-39-21-7-22-40-73)79(98-57-69-31-13-3-14-32-69)53-89(77)43-25-45-91-51-75(85-87-91)63-94-49-47-93-48-50-95-64-76-52-92(88-86-76)46-26-44-90-54-80(99-58-70-33-15-4-16-34-70)84(103-62-74-41-23-8-24-42-74)82(101-60-72-37-19-6-20-38-72)78(90)66-97-56-68-29-11-2-12-30-68/h1-24,27-42,51-52,77-84H,25-26,43-50,53-66H2/t77-,78-,79+,80+,81-,82-,83-,84-/m1/s1. The van der Waals surface area contributed by atoms with Gasteiger partial charge in [0.05, 0.1) is 142 Å². The number of rotatable bonds is 44. The molecule has 19 heteroatoms. The first-order valence-electron chi connectivity index (χ1n) is 36.2. The van der Waals surface area contributed by atoms with Crippen molar-refractivity contribution in [2.24, 2.45) is 0 Å². The molecule has 0 spiro atoms. The third kappa shape index (κ3) is 24.3. The Hall–Kier alpha value is -8.48. The van der Waals surface area contributed by atoms with Crippen LogP contribution in [-0.2, 0) is 131 Å². The molecular formula is C84H98N8O11. The SMILES string of the molecule is c1ccc(COC[C@@H]2[C@@H](OCc3ccccc3)[C@H](OCc3ccccc3)[C@@H](OCc3ccccc3)CN2CCCn2cc(COCCOCCOCc3cn(CCCN4C[C@H](OCc5ccccc5)[C@@H](OCc5ccccc5)[C@H](OCc5ccccc5)[C@H]4COCc4ccccc4)nn3)nn2)cc1. The van der Waals surface area contributed by atoms with Crippen LogP contribution in [0.1, 0.15) is 68.7 Å². The van der Waals surface area contributed by atoms with E-state index in [9.17, 15) is 0 Å². The lowest BCUT2D eigenvalue weighted by Gasteiger charge is -2.48. The van der Waals surface area contributed by atoms with Gasteiger partial charge in [0, 0.05) is 39.3 Å². The predicted molar refractivity (Wildman–Crippen MR) is 392 cm³/mol. The third-order valence-electron chi connectivity index (χ3n) is 18.5. The number of hydrogen-bond acceptors (Lipinski definition) is 17. The molecule has 0 N–H and O–H groups in total. The minimum absolute atomic E-state index is 0.148. The van der Waals surface area contributed by atoms with Crippen molar-refractivity contribution in [3.05, 3.63) is 311 Å². The van der Waals surface area contributed by atoms with E-state index in [0.29, 0.717) is 132 Å². The molecule has 0 unspecified atom stereocenters. The summed E-state index contributed by atoms with van der Waals surface area (Å²) in [7, 11) is 0. The second kappa shape index (κ2) is 41.7. The van der Waals surface area contributed by atoms with Gasteiger partial charge in [-0.15, -0.1) is 10.2 Å². The van der Waals surface area contributed by atoms with Crippen LogP contribution in [-0.4, -0.2) is 154 Å². The molecule has 0 amide bonds. The highest BCUT2D eigenvalue weighted by molar-refractivity contribution is 5.20. The monoisotopic (exact) mass is 1390 g/mol. The van der Waals surface area contributed by atoms with Crippen molar-refractivity contribution in [3.8, 4) is 0 Å². The molecule has 8 atom stereocenters. The van der Waals surface area contributed by atoms with Gasteiger partial charge in [-0.25, -0.2) is 0 Å². The molecule has 19 nitrogen and oxygen atoms in total. The van der Waals surface area contributed by atoms with Crippen LogP contribution >= 0.6 is 0 Å². The Balaban J connectivity index is 0.602. The molecule has 2 saturated heterocycles. The number of benzene rings is 8. The first kappa shape index (κ1) is 74.2. The van der Waals surface area contributed by atoms with Crippen LogP contribution in [0.25, 0.3) is 0 Å². The molecule has 540 valence electrons. The average Bonchev–Trinajstić information content (AvgIpc) is 1.33. The van der Waals surface area contributed by atoms with Crippen LogP contribution in [0, 0.1) is 0 Å². The molecule has 0 saturated carbocycles. The number of aromatic nitrogens is 6. The quantitative estimate of drug-likeness (QED) is 0.0330. The molecule has 0 radical (unpaired) electrons. The maximum absolute atomic E-state index is 7.04. The first-order valence-corrected chi connectivity index (χ1v) is 36.2. The van der Waals surface area contributed by atoms with Crippen molar-refractivity contribution in [2.45, 2.75) is 141 Å². The Morgan fingerprint density at radius 1 is 0.272 bits per heavy atom. The Bertz CT molecular complexity index is 3620. The van der Waals surface area contributed by atoms with Gasteiger partial charge in [-0.1, -0.05) is 253 Å². The molecule has 10 aromatic rings. The molecule has 0 aliphatic carbocycles. The number of likely N-dealkylation sites (tertiary alicyclic amines) is 2. The minimum atomic E-state index is -0.391. The van der Waals surface area contributed by atoms with E-state index in [-0.39, 0.29) is 36.5 Å². The van der Waals surface area contributed by atoms with Gasteiger partial charge in [0.2, 0.25) is 0 Å². The number of ether oxygens (including phenoxy) is 11. The third-order valence-corrected chi connectivity index (χ3v) is 18.5. The molecule has 103 heavy (non-hydrogen) atoms. The van der Waals surface area contributed by atoms with Crippen molar-refractivity contribution in [3.63, 3.8) is 0 Å². The molecular weight excluding hydrogens is 1300 g/mol. The van der Waals surface area contributed by atoms with E-state index in [1.54, 1.807) is 0 Å². The Morgan fingerprint density at radius 2 is 0.544 bits per heavy atom. The average molecular weight is 1400 g/mol. The fourth-order valence-corrected chi connectivity index (χ4v) is 13.2. The largest absolute Gasteiger partial charge is 0.377 e. The lowest BCUT2D eigenvalue weighted by molar-refractivity contribution is -0.210. The van der Waals surface area contributed by atoms with Crippen LogP contribution in [0.2, 0.25) is 0 Å². The zero-order valence-electron chi connectivity index (χ0n) is 58.9. The normalized spacial score (nSPS) is 19.4. The van der Waals surface area contributed by atoms with Gasteiger partial charge in [0.1, 0.15) is 35.8 Å². The molecule has 2 fully saturated rings. The summed E-state index contributed by atoms with van der Waals surface area (Å²) in [5, 5.41) is 17.9. The van der Waals surface area contributed by atoms with Gasteiger partial charge in [-0.2, -0.15) is 0 Å². The van der Waals surface area contributed by atoms with Gasteiger partial charge in [-0.3, -0.25) is 19.2 Å². The number of hydrogen-bond donors (Lipinski definition) is 0. The van der Waals surface area contributed by atoms with Gasteiger partial charge in [0.25, 0.3) is 0 Å². The van der Waals surface area contributed by atoms with Gasteiger partial charge in [0.15, 0.2) is 0 Å². The highest BCUT2D eigenvalue weighted by Crippen LogP contribution is 2.32. The predicted octanol–water partition coefficient (Wildman–Crippen LogP) is 12.7. The van der Waals surface area contributed by atoms with Crippen molar-refractivity contribution < 1.29 is 52.1 Å². The summed E-state index contributed by atoms with van der Waals surface area (Å²) in [6.07, 6.45) is 3.33.